The Hall–Kier alpha value is -2.83. The largest absolute Gasteiger partial charge is 0.488 e. The molecule has 23 heavy (non-hydrogen) atoms. The van der Waals surface area contributed by atoms with Crippen molar-refractivity contribution in [3.05, 3.63) is 66.4 Å². The van der Waals surface area contributed by atoms with Crippen LogP contribution in [0.15, 0.2) is 65.1 Å². The molecule has 5 nitrogen and oxygen atoms in total. The molecule has 6 heteroatoms. The van der Waals surface area contributed by atoms with Crippen LogP contribution in [0.4, 0.5) is 0 Å². The van der Waals surface area contributed by atoms with Gasteiger partial charge in [0.1, 0.15) is 17.3 Å². The molecule has 0 aliphatic carbocycles. The minimum absolute atomic E-state index is 0.246. The Labute approximate surface area is 132 Å². The van der Waals surface area contributed by atoms with E-state index in [4.69, 9.17) is 19.2 Å². The first-order valence-electron chi connectivity index (χ1n) is 6.96. The van der Waals surface area contributed by atoms with E-state index >= 15 is 0 Å². The fraction of sp³-hybridized carbons (Fsp3) is 0. The Morgan fingerprint density at radius 1 is 0.957 bits per heavy atom. The monoisotopic (exact) mass is 308 g/mol. The van der Waals surface area contributed by atoms with Gasteiger partial charge in [-0.2, -0.15) is 0 Å². The molecule has 0 aliphatic heterocycles. The number of carbonyl (C=O) groups excluding carboxylic acids is 1. The fourth-order valence-electron chi connectivity index (χ4n) is 2.16. The van der Waals surface area contributed by atoms with Gasteiger partial charge in [-0.1, -0.05) is 24.3 Å². The summed E-state index contributed by atoms with van der Waals surface area (Å²) in [6, 6.07) is 17.0. The second-order valence-electron chi connectivity index (χ2n) is 4.86. The van der Waals surface area contributed by atoms with E-state index in [0.29, 0.717) is 34.6 Å². The Kier molecular flexibility index (Phi) is 4.27. The SMILES string of the molecule is O=Cc1ccc(-c2ccccc2Oc2ccc(B(O)O)cc2)o1. The molecule has 0 bridgehead atoms. The summed E-state index contributed by atoms with van der Waals surface area (Å²) >= 11 is 0. The van der Waals surface area contributed by atoms with Crippen molar-refractivity contribution < 1.29 is 24.0 Å². The number of carbonyl (C=O) groups is 1. The van der Waals surface area contributed by atoms with Crippen molar-refractivity contribution in [2.45, 2.75) is 0 Å². The van der Waals surface area contributed by atoms with Gasteiger partial charge in [0, 0.05) is 0 Å². The maximum atomic E-state index is 10.7. The van der Waals surface area contributed by atoms with E-state index in [1.807, 2.05) is 18.2 Å². The van der Waals surface area contributed by atoms with Crippen LogP contribution in [0.2, 0.25) is 0 Å². The molecule has 114 valence electrons. The standard InChI is InChI=1S/C17H13BO5/c19-11-14-9-10-17(23-14)15-3-1-2-4-16(15)22-13-7-5-12(6-8-13)18(20)21/h1-11,20-21H. The van der Waals surface area contributed by atoms with Crippen LogP contribution in [-0.2, 0) is 0 Å². The highest BCUT2D eigenvalue weighted by Crippen LogP contribution is 2.33. The summed E-state index contributed by atoms with van der Waals surface area (Å²) in [5.41, 5.74) is 1.10. The number of ether oxygens (including phenoxy) is 1. The van der Waals surface area contributed by atoms with Crippen LogP contribution >= 0.6 is 0 Å². The van der Waals surface area contributed by atoms with Crippen molar-refractivity contribution in [3.8, 4) is 22.8 Å². The third-order valence-electron chi connectivity index (χ3n) is 3.30. The van der Waals surface area contributed by atoms with Crippen molar-refractivity contribution in [3.63, 3.8) is 0 Å². The van der Waals surface area contributed by atoms with Gasteiger partial charge in [-0.25, -0.2) is 0 Å². The molecule has 0 saturated heterocycles. The topological polar surface area (TPSA) is 79.9 Å². The molecule has 0 radical (unpaired) electrons. The summed E-state index contributed by atoms with van der Waals surface area (Å²) in [5.74, 6) is 1.89. The van der Waals surface area contributed by atoms with E-state index in [2.05, 4.69) is 0 Å². The van der Waals surface area contributed by atoms with E-state index in [1.54, 1.807) is 42.5 Å². The summed E-state index contributed by atoms with van der Waals surface area (Å²) < 4.78 is 11.3. The lowest BCUT2D eigenvalue weighted by Gasteiger charge is -2.10. The lowest BCUT2D eigenvalue weighted by atomic mass is 9.80. The van der Waals surface area contributed by atoms with Crippen molar-refractivity contribution in [2.75, 3.05) is 0 Å². The Bertz CT molecular complexity index is 808. The number of hydrogen-bond acceptors (Lipinski definition) is 5. The third kappa shape index (κ3) is 3.34. The normalized spacial score (nSPS) is 10.3. The molecular weight excluding hydrogens is 295 g/mol. The first kappa shape index (κ1) is 15.1. The van der Waals surface area contributed by atoms with Gasteiger partial charge in [0.25, 0.3) is 0 Å². The van der Waals surface area contributed by atoms with Crippen LogP contribution in [-0.4, -0.2) is 23.5 Å². The minimum Gasteiger partial charge on any atom is -0.457 e. The lowest BCUT2D eigenvalue weighted by Crippen LogP contribution is -2.29. The number of para-hydroxylation sites is 1. The fourth-order valence-corrected chi connectivity index (χ4v) is 2.16. The second kappa shape index (κ2) is 6.52. The highest BCUT2D eigenvalue weighted by atomic mass is 16.5. The van der Waals surface area contributed by atoms with Gasteiger partial charge in [-0.05, 0) is 41.9 Å². The molecule has 1 heterocycles. The van der Waals surface area contributed by atoms with Crippen LogP contribution in [0.25, 0.3) is 11.3 Å². The summed E-state index contributed by atoms with van der Waals surface area (Å²) in [7, 11) is -1.51. The molecule has 0 unspecified atom stereocenters. The van der Waals surface area contributed by atoms with Crippen molar-refractivity contribution in [2.24, 2.45) is 0 Å². The molecule has 3 rings (SSSR count). The molecule has 1 aromatic heterocycles. The van der Waals surface area contributed by atoms with E-state index in [1.165, 1.54) is 0 Å². The van der Waals surface area contributed by atoms with Crippen molar-refractivity contribution in [1.29, 1.82) is 0 Å². The summed E-state index contributed by atoms with van der Waals surface area (Å²) in [5, 5.41) is 18.2. The predicted molar refractivity (Wildman–Crippen MR) is 85.9 cm³/mol. The quantitative estimate of drug-likeness (QED) is 0.558. The predicted octanol–water partition coefficient (Wildman–Crippen LogP) is 2.23. The Balaban J connectivity index is 1.89. The smallest absolute Gasteiger partial charge is 0.457 e. The van der Waals surface area contributed by atoms with Crippen LogP contribution < -0.4 is 10.2 Å². The molecule has 0 saturated carbocycles. The maximum Gasteiger partial charge on any atom is 0.488 e. The number of rotatable bonds is 5. The highest BCUT2D eigenvalue weighted by Gasteiger charge is 2.13. The van der Waals surface area contributed by atoms with E-state index in [9.17, 15) is 4.79 Å². The van der Waals surface area contributed by atoms with Crippen molar-refractivity contribution in [1.82, 2.24) is 0 Å². The second-order valence-corrected chi connectivity index (χ2v) is 4.86. The molecule has 0 spiro atoms. The van der Waals surface area contributed by atoms with Gasteiger partial charge in [0.2, 0.25) is 0 Å². The van der Waals surface area contributed by atoms with Crippen LogP contribution in [0.5, 0.6) is 11.5 Å². The number of aldehydes is 1. The molecule has 3 aromatic rings. The van der Waals surface area contributed by atoms with Gasteiger partial charge in [0.05, 0.1) is 5.56 Å². The van der Waals surface area contributed by atoms with E-state index < -0.39 is 7.12 Å². The average Bonchev–Trinajstić information content (AvgIpc) is 3.05. The lowest BCUT2D eigenvalue weighted by molar-refractivity contribution is 0.110. The minimum atomic E-state index is -1.51. The average molecular weight is 308 g/mol. The molecule has 2 aromatic carbocycles. The maximum absolute atomic E-state index is 10.7. The summed E-state index contributed by atoms with van der Waals surface area (Å²) in [6.07, 6.45) is 0.645. The van der Waals surface area contributed by atoms with Crippen molar-refractivity contribution >= 4 is 18.9 Å². The molecule has 0 aliphatic rings. The number of benzene rings is 2. The first-order valence-corrected chi connectivity index (χ1v) is 6.96. The molecule has 0 atom stereocenters. The number of furan rings is 1. The van der Waals surface area contributed by atoms with E-state index in [-0.39, 0.29) is 5.76 Å². The zero-order valence-electron chi connectivity index (χ0n) is 12.0. The number of hydrogen-bond donors (Lipinski definition) is 2. The van der Waals surface area contributed by atoms with Gasteiger partial charge < -0.3 is 19.2 Å². The van der Waals surface area contributed by atoms with E-state index in [0.717, 1.165) is 0 Å². The zero-order valence-corrected chi connectivity index (χ0v) is 12.0. The van der Waals surface area contributed by atoms with Crippen LogP contribution in [0, 0.1) is 0 Å². The Morgan fingerprint density at radius 3 is 2.35 bits per heavy atom. The molecule has 2 N–H and O–H groups in total. The zero-order chi connectivity index (χ0) is 16.2. The molecular formula is C17H13BO5. The van der Waals surface area contributed by atoms with Crippen LogP contribution in [0.1, 0.15) is 10.6 Å². The van der Waals surface area contributed by atoms with Crippen LogP contribution in [0.3, 0.4) is 0 Å². The Morgan fingerprint density at radius 2 is 1.70 bits per heavy atom. The summed E-state index contributed by atoms with van der Waals surface area (Å²) in [4.78, 5) is 10.7. The molecule has 0 amide bonds. The van der Waals surface area contributed by atoms with Gasteiger partial charge in [0.15, 0.2) is 12.0 Å². The third-order valence-corrected chi connectivity index (χ3v) is 3.30. The summed E-state index contributed by atoms with van der Waals surface area (Å²) in [6.45, 7) is 0. The highest BCUT2D eigenvalue weighted by molar-refractivity contribution is 6.58. The molecule has 0 fully saturated rings. The van der Waals surface area contributed by atoms with Gasteiger partial charge in [-0.15, -0.1) is 0 Å². The first-order chi connectivity index (χ1) is 11.2. The van der Waals surface area contributed by atoms with Gasteiger partial charge >= 0.3 is 7.12 Å². The van der Waals surface area contributed by atoms with Gasteiger partial charge in [-0.3, -0.25) is 4.79 Å².